The van der Waals surface area contributed by atoms with Crippen molar-refractivity contribution in [2.45, 2.75) is 71.1 Å². The molecule has 0 aliphatic carbocycles. The number of rotatable bonds is 14. The predicted molar refractivity (Wildman–Crippen MR) is 119 cm³/mol. The molecular weight excluding hydrogens is 512 g/mol. The highest BCUT2D eigenvalue weighted by Crippen LogP contribution is 2.31. The van der Waals surface area contributed by atoms with Crippen molar-refractivity contribution in [3.8, 4) is 11.5 Å². The first-order chi connectivity index (χ1) is 17.5. The summed E-state index contributed by atoms with van der Waals surface area (Å²) in [6.07, 6.45) is 5.89. The number of hydrogen-bond donors (Lipinski definition) is 0. The molecule has 0 N–H and O–H groups in total. The Balaban J connectivity index is 1.57. The molecule has 0 saturated carbocycles. The Kier molecular flexibility index (Phi) is 11.4. The largest absolute Gasteiger partial charge is 0.456 e. The summed E-state index contributed by atoms with van der Waals surface area (Å²) < 4.78 is 117. The topological polar surface area (TPSA) is 35.5 Å². The maximum atomic E-state index is 13.8. The van der Waals surface area contributed by atoms with Crippen LogP contribution in [0.5, 0.6) is 11.5 Å². The van der Waals surface area contributed by atoms with Gasteiger partial charge in [0, 0.05) is 24.5 Å². The Morgan fingerprint density at radius 3 is 1.70 bits per heavy atom. The zero-order valence-corrected chi connectivity index (χ0v) is 20.1. The number of halogens is 8. The molecule has 0 radical (unpaired) electrons. The van der Waals surface area contributed by atoms with Gasteiger partial charge in [-0.2, -0.15) is 8.78 Å². The van der Waals surface area contributed by atoms with E-state index in [-0.39, 0.29) is 24.7 Å². The molecule has 0 unspecified atom stereocenters. The van der Waals surface area contributed by atoms with E-state index in [9.17, 15) is 39.9 Å². The lowest BCUT2D eigenvalue weighted by molar-refractivity contribution is -0.134. The predicted octanol–water partition coefficient (Wildman–Crippen LogP) is 8.51. The SMILES string of the molecule is C=C(CCCCCCCCCCC(=O)Oc1c(C)c(F)c(F)c(F)c1F)Oc1c(F)cc(F)c(F)c1F. The fraction of sp³-hybridized carbons (Fsp3) is 0.423. The first-order valence-electron chi connectivity index (χ1n) is 11.7. The zero-order valence-electron chi connectivity index (χ0n) is 20.1. The van der Waals surface area contributed by atoms with E-state index in [0.717, 1.165) is 39.0 Å². The zero-order chi connectivity index (χ0) is 27.7. The molecule has 2 aromatic rings. The van der Waals surface area contributed by atoms with E-state index in [0.29, 0.717) is 19.3 Å². The third kappa shape index (κ3) is 8.19. The second-order valence-electron chi connectivity index (χ2n) is 8.45. The van der Waals surface area contributed by atoms with Gasteiger partial charge in [-0.1, -0.05) is 45.1 Å². The summed E-state index contributed by atoms with van der Waals surface area (Å²) in [6.45, 7) is 4.50. The molecule has 204 valence electrons. The van der Waals surface area contributed by atoms with Crippen LogP contribution in [0.2, 0.25) is 0 Å². The number of unbranched alkanes of at least 4 members (excludes halogenated alkanes) is 7. The summed E-state index contributed by atoms with van der Waals surface area (Å²) in [7, 11) is 0. The van der Waals surface area contributed by atoms with Gasteiger partial charge in [-0.3, -0.25) is 4.79 Å². The lowest BCUT2D eigenvalue weighted by Gasteiger charge is -2.11. The minimum atomic E-state index is -2.05. The van der Waals surface area contributed by atoms with Crippen molar-refractivity contribution in [3.05, 3.63) is 70.5 Å². The van der Waals surface area contributed by atoms with Crippen LogP contribution in [-0.2, 0) is 4.79 Å². The Hall–Kier alpha value is -3.11. The molecule has 0 aliphatic rings. The van der Waals surface area contributed by atoms with E-state index in [1.54, 1.807) is 0 Å². The minimum Gasteiger partial charge on any atom is -0.456 e. The van der Waals surface area contributed by atoms with E-state index in [1.165, 1.54) is 0 Å². The molecule has 0 amide bonds. The second kappa shape index (κ2) is 14.0. The summed E-state index contributed by atoms with van der Waals surface area (Å²) >= 11 is 0. The second-order valence-corrected chi connectivity index (χ2v) is 8.45. The molecule has 0 aromatic heterocycles. The van der Waals surface area contributed by atoms with E-state index < -0.39 is 69.6 Å². The molecule has 0 bridgehead atoms. The normalized spacial score (nSPS) is 11.1. The number of allylic oxidation sites excluding steroid dienone is 1. The molecule has 0 aliphatic heterocycles. The Morgan fingerprint density at radius 2 is 1.11 bits per heavy atom. The van der Waals surface area contributed by atoms with Crippen molar-refractivity contribution in [1.29, 1.82) is 0 Å². The van der Waals surface area contributed by atoms with E-state index >= 15 is 0 Å². The average Bonchev–Trinajstić information content (AvgIpc) is 2.86. The van der Waals surface area contributed by atoms with E-state index in [1.807, 2.05) is 0 Å². The monoisotopic (exact) mass is 538 g/mol. The van der Waals surface area contributed by atoms with Crippen molar-refractivity contribution in [1.82, 2.24) is 0 Å². The van der Waals surface area contributed by atoms with Gasteiger partial charge in [0.15, 0.2) is 34.8 Å². The van der Waals surface area contributed by atoms with Crippen LogP contribution in [0.15, 0.2) is 18.4 Å². The molecule has 2 aromatic carbocycles. The van der Waals surface area contributed by atoms with Crippen LogP contribution < -0.4 is 9.47 Å². The minimum absolute atomic E-state index is 0.0110. The Bertz CT molecular complexity index is 1100. The summed E-state index contributed by atoms with van der Waals surface area (Å²) in [4.78, 5) is 11.8. The standard InChI is InChI=1S/C26H26F8O3/c1-14(36-26-17(28)13-16(27)20(30)23(26)33)11-9-7-5-3-4-6-8-10-12-18(35)37-25-15(2)19(29)21(31)22(32)24(25)34/h13H,1,3-12H2,2H3. The third-order valence-corrected chi connectivity index (χ3v) is 5.57. The number of hydrogen-bond acceptors (Lipinski definition) is 3. The highest BCUT2D eigenvalue weighted by atomic mass is 19.2. The first-order valence-corrected chi connectivity index (χ1v) is 11.7. The molecule has 0 saturated heterocycles. The summed E-state index contributed by atoms with van der Waals surface area (Å²) in [5, 5.41) is 0. The van der Waals surface area contributed by atoms with Crippen molar-refractivity contribution in [3.63, 3.8) is 0 Å². The summed E-state index contributed by atoms with van der Waals surface area (Å²) in [5.41, 5.74) is -0.636. The number of carbonyl (C=O) groups is 1. The van der Waals surface area contributed by atoms with Crippen LogP contribution in [0, 0.1) is 53.5 Å². The Morgan fingerprint density at radius 1 is 0.622 bits per heavy atom. The summed E-state index contributed by atoms with van der Waals surface area (Å²) in [5.74, 6) is -16.9. The van der Waals surface area contributed by atoms with Crippen molar-refractivity contribution < 1.29 is 49.4 Å². The van der Waals surface area contributed by atoms with Gasteiger partial charge < -0.3 is 9.47 Å². The summed E-state index contributed by atoms with van der Waals surface area (Å²) in [6, 6.07) is 0.193. The van der Waals surface area contributed by atoms with Crippen molar-refractivity contribution in [2.24, 2.45) is 0 Å². The molecule has 3 nitrogen and oxygen atoms in total. The fourth-order valence-corrected chi connectivity index (χ4v) is 3.50. The maximum Gasteiger partial charge on any atom is 0.311 e. The maximum absolute atomic E-state index is 13.8. The van der Waals surface area contributed by atoms with Crippen LogP contribution in [0.25, 0.3) is 0 Å². The van der Waals surface area contributed by atoms with Crippen LogP contribution in [0.3, 0.4) is 0 Å². The highest BCUT2D eigenvalue weighted by molar-refractivity contribution is 5.72. The molecule has 37 heavy (non-hydrogen) atoms. The van der Waals surface area contributed by atoms with E-state index in [2.05, 4.69) is 6.58 Å². The molecule has 11 heteroatoms. The smallest absolute Gasteiger partial charge is 0.311 e. The first kappa shape index (κ1) is 30.1. The molecule has 0 fully saturated rings. The van der Waals surface area contributed by atoms with Gasteiger partial charge in [0.25, 0.3) is 0 Å². The molecule has 0 heterocycles. The van der Waals surface area contributed by atoms with Gasteiger partial charge in [0.05, 0.1) is 5.76 Å². The number of ether oxygens (including phenoxy) is 2. The Labute approximate surface area is 209 Å². The van der Waals surface area contributed by atoms with Crippen molar-refractivity contribution >= 4 is 5.97 Å². The quantitative estimate of drug-likeness (QED) is 0.0460. The van der Waals surface area contributed by atoms with Crippen molar-refractivity contribution in [2.75, 3.05) is 0 Å². The van der Waals surface area contributed by atoms with Gasteiger partial charge in [0.1, 0.15) is 0 Å². The average molecular weight is 538 g/mol. The number of carbonyl (C=O) groups excluding carboxylic acids is 1. The van der Waals surface area contributed by atoms with Crippen LogP contribution >= 0.6 is 0 Å². The lowest BCUT2D eigenvalue weighted by Crippen LogP contribution is -2.12. The van der Waals surface area contributed by atoms with Crippen LogP contribution in [-0.4, -0.2) is 5.97 Å². The van der Waals surface area contributed by atoms with Gasteiger partial charge >= 0.3 is 5.97 Å². The van der Waals surface area contributed by atoms with E-state index in [4.69, 9.17) is 9.47 Å². The molecule has 0 spiro atoms. The highest BCUT2D eigenvalue weighted by Gasteiger charge is 2.26. The van der Waals surface area contributed by atoms with Gasteiger partial charge in [0.2, 0.25) is 23.2 Å². The molecule has 0 atom stereocenters. The van der Waals surface area contributed by atoms with Gasteiger partial charge in [-0.15, -0.1) is 0 Å². The van der Waals surface area contributed by atoms with Gasteiger partial charge in [-0.05, 0) is 19.8 Å². The lowest BCUT2D eigenvalue weighted by atomic mass is 10.1. The third-order valence-electron chi connectivity index (χ3n) is 5.57. The molecular formula is C26H26F8O3. The van der Waals surface area contributed by atoms with Crippen LogP contribution in [0.1, 0.15) is 69.8 Å². The fourth-order valence-electron chi connectivity index (χ4n) is 3.50. The van der Waals surface area contributed by atoms with Gasteiger partial charge in [-0.25, -0.2) is 26.3 Å². The number of esters is 1. The molecule has 2 rings (SSSR count). The van der Waals surface area contributed by atoms with Crippen LogP contribution in [0.4, 0.5) is 35.1 Å². The number of benzene rings is 2.